The molecular formula is C13H23N3O. The second kappa shape index (κ2) is 6.55. The molecule has 0 radical (unpaired) electrons. The van der Waals surface area contributed by atoms with Gasteiger partial charge in [-0.3, -0.25) is 0 Å². The molecule has 0 aliphatic rings. The standard InChI is InChI=1S/C13H23N3O/c1-6-7-14-11(4)9(2)12-10(3)13(17-5)16-8-15-12/h8-9,11,14H,6-7H2,1-5H3. The summed E-state index contributed by atoms with van der Waals surface area (Å²) in [4.78, 5) is 8.49. The van der Waals surface area contributed by atoms with Gasteiger partial charge in [-0.25, -0.2) is 9.97 Å². The molecule has 1 rings (SSSR count). The third-order valence-corrected chi connectivity index (χ3v) is 3.17. The van der Waals surface area contributed by atoms with Gasteiger partial charge >= 0.3 is 0 Å². The van der Waals surface area contributed by atoms with Crippen molar-refractivity contribution in [2.24, 2.45) is 0 Å². The first-order chi connectivity index (χ1) is 8.11. The highest BCUT2D eigenvalue weighted by Crippen LogP contribution is 2.24. The predicted molar refractivity (Wildman–Crippen MR) is 69.5 cm³/mol. The minimum atomic E-state index is 0.346. The van der Waals surface area contributed by atoms with Crippen molar-refractivity contribution in [3.8, 4) is 5.88 Å². The summed E-state index contributed by atoms with van der Waals surface area (Å²) in [5.74, 6) is 1.02. The second-order valence-electron chi connectivity index (χ2n) is 4.42. The van der Waals surface area contributed by atoms with Gasteiger partial charge in [-0.05, 0) is 26.8 Å². The van der Waals surface area contributed by atoms with Gasteiger partial charge in [0, 0.05) is 17.5 Å². The van der Waals surface area contributed by atoms with Crippen LogP contribution < -0.4 is 10.1 Å². The molecule has 2 unspecified atom stereocenters. The highest BCUT2D eigenvalue weighted by atomic mass is 16.5. The number of nitrogens with one attached hydrogen (secondary N) is 1. The first kappa shape index (κ1) is 13.9. The highest BCUT2D eigenvalue weighted by molar-refractivity contribution is 5.30. The van der Waals surface area contributed by atoms with E-state index in [9.17, 15) is 0 Å². The molecule has 0 bridgehead atoms. The summed E-state index contributed by atoms with van der Waals surface area (Å²) in [6.45, 7) is 9.59. The van der Waals surface area contributed by atoms with E-state index in [1.807, 2.05) is 6.92 Å². The van der Waals surface area contributed by atoms with Crippen LogP contribution in [-0.4, -0.2) is 29.7 Å². The zero-order valence-corrected chi connectivity index (χ0v) is 11.4. The van der Waals surface area contributed by atoms with E-state index in [1.54, 1.807) is 13.4 Å². The van der Waals surface area contributed by atoms with E-state index >= 15 is 0 Å². The zero-order valence-electron chi connectivity index (χ0n) is 11.4. The Balaban J connectivity index is 2.84. The molecule has 0 amide bonds. The Hall–Kier alpha value is -1.16. The topological polar surface area (TPSA) is 47.0 Å². The average Bonchev–Trinajstić information content (AvgIpc) is 2.35. The molecular weight excluding hydrogens is 214 g/mol. The van der Waals surface area contributed by atoms with Crippen molar-refractivity contribution in [2.75, 3.05) is 13.7 Å². The predicted octanol–water partition coefficient (Wildman–Crippen LogP) is 2.29. The zero-order chi connectivity index (χ0) is 12.8. The first-order valence-corrected chi connectivity index (χ1v) is 6.20. The molecule has 0 aliphatic carbocycles. The third-order valence-electron chi connectivity index (χ3n) is 3.17. The van der Waals surface area contributed by atoms with Gasteiger partial charge in [-0.15, -0.1) is 0 Å². The van der Waals surface area contributed by atoms with Crippen LogP contribution in [0.2, 0.25) is 0 Å². The fraction of sp³-hybridized carbons (Fsp3) is 0.692. The van der Waals surface area contributed by atoms with Crippen molar-refractivity contribution in [3.63, 3.8) is 0 Å². The van der Waals surface area contributed by atoms with Crippen LogP contribution in [0.1, 0.15) is 44.4 Å². The van der Waals surface area contributed by atoms with Crippen LogP contribution in [0.5, 0.6) is 5.88 Å². The number of aromatic nitrogens is 2. The molecule has 0 aromatic carbocycles. The lowest BCUT2D eigenvalue weighted by Crippen LogP contribution is -2.32. The van der Waals surface area contributed by atoms with Crippen molar-refractivity contribution < 1.29 is 4.74 Å². The average molecular weight is 237 g/mol. The molecule has 96 valence electrons. The lowest BCUT2D eigenvalue weighted by molar-refractivity contribution is 0.389. The van der Waals surface area contributed by atoms with Crippen LogP contribution in [0.15, 0.2) is 6.33 Å². The summed E-state index contributed by atoms with van der Waals surface area (Å²) in [6, 6.07) is 0.397. The van der Waals surface area contributed by atoms with Crippen LogP contribution in [0, 0.1) is 6.92 Å². The minimum Gasteiger partial charge on any atom is -0.481 e. The Morgan fingerprint density at radius 3 is 2.65 bits per heavy atom. The molecule has 1 aromatic rings. The van der Waals surface area contributed by atoms with E-state index in [4.69, 9.17) is 4.74 Å². The SMILES string of the molecule is CCCNC(C)C(C)c1ncnc(OC)c1C. The maximum absolute atomic E-state index is 5.23. The van der Waals surface area contributed by atoms with Gasteiger partial charge in [0.05, 0.1) is 12.8 Å². The fourth-order valence-corrected chi connectivity index (χ4v) is 1.90. The Labute approximate surface area is 104 Å². The van der Waals surface area contributed by atoms with Gasteiger partial charge in [-0.1, -0.05) is 13.8 Å². The number of ether oxygens (including phenoxy) is 1. The molecule has 0 fully saturated rings. The Morgan fingerprint density at radius 2 is 2.06 bits per heavy atom. The lowest BCUT2D eigenvalue weighted by Gasteiger charge is -2.22. The first-order valence-electron chi connectivity index (χ1n) is 6.20. The number of hydrogen-bond donors (Lipinski definition) is 1. The number of rotatable bonds is 6. The van der Waals surface area contributed by atoms with Gasteiger partial charge in [0.2, 0.25) is 5.88 Å². The van der Waals surface area contributed by atoms with Gasteiger partial charge < -0.3 is 10.1 Å². The summed E-state index contributed by atoms with van der Waals surface area (Å²) >= 11 is 0. The van der Waals surface area contributed by atoms with Crippen molar-refractivity contribution in [2.45, 2.75) is 46.1 Å². The third kappa shape index (κ3) is 3.40. The van der Waals surface area contributed by atoms with Crippen molar-refractivity contribution in [3.05, 3.63) is 17.6 Å². The molecule has 4 heteroatoms. The largest absolute Gasteiger partial charge is 0.481 e. The molecule has 0 spiro atoms. The van der Waals surface area contributed by atoms with Crippen molar-refractivity contribution >= 4 is 0 Å². The van der Waals surface area contributed by atoms with Gasteiger partial charge in [0.25, 0.3) is 0 Å². The number of nitrogens with zero attached hydrogens (tertiary/aromatic N) is 2. The fourth-order valence-electron chi connectivity index (χ4n) is 1.90. The van der Waals surface area contributed by atoms with Crippen LogP contribution in [0.3, 0.4) is 0 Å². The maximum Gasteiger partial charge on any atom is 0.219 e. The smallest absolute Gasteiger partial charge is 0.219 e. The van der Waals surface area contributed by atoms with E-state index in [1.165, 1.54) is 0 Å². The molecule has 0 saturated heterocycles. The summed E-state index contributed by atoms with van der Waals surface area (Å²) < 4.78 is 5.23. The molecule has 1 N–H and O–H groups in total. The van der Waals surface area contributed by atoms with E-state index in [0.717, 1.165) is 24.2 Å². The Kier molecular flexibility index (Phi) is 5.35. The summed E-state index contributed by atoms with van der Waals surface area (Å²) in [5.41, 5.74) is 2.10. The number of methoxy groups -OCH3 is 1. The summed E-state index contributed by atoms with van der Waals surface area (Å²) in [6.07, 6.45) is 2.72. The van der Waals surface area contributed by atoms with Gasteiger partial charge in [0.15, 0.2) is 0 Å². The van der Waals surface area contributed by atoms with Crippen molar-refractivity contribution in [1.29, 1.82) is 0 Å². The molecule has 1 heterocycles. The van der Waals surface area contributed by atoms with E-state index < -0.39 is 0 Å². The second-order valence-corrected chi connectivity index (χ2v) is 4.42. The van der Waals surface area contributed by atoms with E-state index in [2.05, 4.69) is 36.1 Å². The molecule has 4 nitrogen and oxygen atoms in total. The molecule has 0 saturated carbocycles. The number of hydrogen-bond acceptors (Lipinski definition) is 4. The summed E-state index contributed by atoms with van der Waals surface area (Å²) in [5, 5.41) is 3.49. The summed E-state index contributed by atoms with van der Waals surface area (Å²) in [7, 11) is 1.64. The highest BCUT2D eigenvalue weighted by Gasteiger charge is 2.19. The van der Waals surface area contributed by atoms with Gasteiger partial charge in [-0.2, -0.15) is 0 Å². The van der Waals surface area contributed by atoms with Gasteiger partial charge in [0.1, 0.15) is 6.33 Å². The van der Waals surface area contributed by atoms with Crippen LogP contribution in [-0.2, 0) is 0 Å². The molecule has 2 atom stereocenters. The molecule has 0 aliphatic heterocycles. The maximum atomic E-state index is 5.23. The Morgan fingerprint density at radius 1 is 1.35 bits per heavy atom. The normalized spacial score (nSPS) is 14.4. The minimum absolute atomic E-state index is 0.346. The van der Waals surface area contributed by atoms with Crippen LogP contribution >= 0.6 is 0 Å². The van der Waals surface area contributed by atoms with Crippen LogP contribution in [0.4, 0.5) is 0 Å². The Bertz CT molecular complexity index is 355. The molecule has 1 aromatic heterocycles. The van der Waals surface area contributed by atoms with E-state index in [0.29, 0.717) is 17.8 Å². The van der Waals surface area contributed by atoms with Crippen LogP contribution in [0.25, 0.3) is 0 Å². The quantitative estimate of drug-likeness (QED) is 0.824. The monoisotopic (exact) mass is 237 g/mol. The lowest BCUT2D eigenvalue weighted by atomic mass is 9.96. The van der Waals surface area contributed by atoms with Crippen molar-refractivity contribution in [1.82, 2.24) is 15.3 Å². The molecule has 17 heavy (non-hydrogen) atoms. The van der Waals surface area contributed by atoms with E-state index in [-0.39, 0.29) is 0 Å².